The molecule has 0 aliphatic carbocycles. The SMILES string of the molecule is O=C(Nc1ccccc1)c1cc2ccccc2c(N=Nc2cccc(S(=O)(=O)[O-])c2)c1O. The Morgan fingerprint density at radius 1 is 0.875 bits per heavy atom. The topological polar surface area (TPSA) is 131 Å². The fourth-order valence-corrected chi connectivity index (χ4v) is 3.63. The number of nitrogens with one attached hydrogen (secondary N) is 1. The Hall–Kier alpha value is -4.08. The molecule has 1 amide bonds. The van der Waals surface area contributed by atoms with E-state index in [9.17, 15) is 22.9 Å². The first-order valence-electron chi connectivity index (χ1n) is 9.42. The van der Waals surface area contributed by atoms with E-state index in [1.54, 1.807) is 54.6 Å². The highest BCUT2D eigenvalue weighted by Gasteiger charge is 2.18. The number of anilines is 1. The second-order valence-electron chi connectivity index (χ2n) is 6.81. The number of aromatic hydroxyl groups is 1. The molecule has 0 unspecified atom stereocenters. The van der Waals surface area contributed by atoms with Crippen molar-refractivity contribution in [3.8, 4) is 5.75 Å². The van der Waals surface area contributed by atoms with Crippen LogP contribution in [0.4, 0.5) is 17.1 Å². The summed E-state index contributed by atoms with van der Waals surface area (Å²) in [4.78, 5) is 12.4. The van der Waals surface area contributed by atoms with Gasteiger partial charge in [0.1, 0.15) is 15.8 Å². The Morgan fingerprint density at radius 2 is 1.59 bits per heavy atom. The minimum absolute atomic E-state index is 0.00242. The highest BCUT2D eigenvalue weighted by atomic mass is 32.2. The van der Waals surface area contributed by atoms with E-state index >= 15 is 0 Å². The van der Waals surface area contributed by atoms with Crippen LogP contribution in [0.1, 0.15) is 10.4 Å². The van der Waals surface area contributed by atoms with E-state index in [0.29, 0.717) is 16.5 Å². The van der Waals surface area contributed by atoms with Gasteiger partial charge in [0.2, 0.25) is 0 Å². The molecule has 4 aromatic rings. The van der Waals surface area contributed by atoms with E-state index < -0.39 is 20.9 Å². The number of para-hydroxylation sites is 1. The smallest absolute Gasteiger partial charge is 0.259 e. The summed E-state index contributed by atoms with van der Waals surface area (Å²) < 4.78 is 33.7. The number of azo groups is 1. The molecule has 0 saturated heterocycles. The molecule has 2 N–H and O–H groups in total. The molecule has 0 atom stereocenters. The van der Waals surface area contributed by atoms with Gasteiger partial charge in [-0.2, -0.15) is 5.11 Å². The first kappa shape index (κ1) is 21.2. The highest BCUT2D eigenvalue weighted by Crippen LogP contribution is 2.39. The monoisotopic (exact) mass is 446 g/mol. The molecule has 0 aliphatic rings. The number of nitrogens with zero attached hydrogens (tertiary/aromatic N) is 2. The first-order chi connectivity index (χ1) is 15.3. The zero-order valence-electron chi connectivity index (χ0n) is 16.5. The molecule has 0 saturated carbocycles. The van der Waals surface area contributed by atoms with Crippen LogP contribution in [0.25, 0.3) is 10.8 Å². The standard InChI is InChI=1S/C23H17N3O5S/c27-22-20(23(28)24-16-8-2-1-3-9-16)13-15-7-4-5-12-19(15)21(22)26-25-17-10-6-11-18(14-17)32(29,30)31/h1-14,27H,(H,24,28)(H,29,30,31)/p-1. The zero-order valence-corrected chi connectivity index (χ0v) is 17.3. The van der Waals surface area contributed by atoms with E-state index in [2.05, 4.69) is 15.5 Å². The van der Waals surface area contributed by atoms with Crippen LogP contribution in [-0.2, 0) is 10.1 Å². The van der Waals surface area contributed by atoms with Crippen molar-refractivity contribution in [2.24, 2.45) is 10.2 Å². The highest BCUT2D eigenvalue weighted by molar-refractivity contribution is 7.85. The molecule has 4 rings (SSSR count). The van der Waals surface area contributed by atoms with Gasteiger partial charge in [-0.05, 0) is 41.8 Å². The predicted octanol–water partition coefficient (Wildman–Crippen LogP) is 5.12. The Morgan fingerprint density at radius 3 is 2.34 bits per heavy atom. The minimum atomic E-state index is -4.65. The summed E-state index contributed by atoms with van der Waals surface area (Å²) in [5.41, 5.74) is 0.697. The summed E-state index contributed by atoms with van der Waals surface area (Å²) in [6.45, 7) is 0. The minimum Gasteiger partial charge on any atom is -0.744 e. The first-order valence-corrected chi connectivity index (χ1v) is 10.8. The van der Waals surface area contributed by atoms with E-state index in [1.807, 2.05) is 6.07 Å². The number of hydrogen-bond donors (Lipinski definition) is 2. The van der Waals surface area contributed by atoms with Crippen LogP contribution in [0.15, 0.2) is 100 Å². The van der Waals surface area contributed by atoms with Crippen LogP contribution in [-0.4, -0.2) is 24.0 Å². The van der Waals surface area contributed by atoms with Crippen molar-refractivity contribution < 1.29 is 22.9 Å². The second-order valence-corrected chi connectivity index (χ2v) is 8.19. The zero-order chi connectivity index (χ0) is 22.7. The molecule has 8 nitrogen and oxygen atoms in total. The third kappa shape index (κ3) is 4.48. The molecule has 160 valence electrons. The number of benzene rings is 4. The molecular formula is C23H16N3O5S-. The predicted molar refractivity (Wildman–Crippen MR) is 119 cm³/mol. The lowest BCUT2D eigenvalue weighted by Gasteiger charge is -2.11. The number of phenols is 1. The van der Waals surface area contributed by atoms with Crippen molar-refractivity contribution in [3.63, 3.8) is 0 Å². The van der Waals surface area contributed by atoms with Crippen LogP contribution in [0, 0.1) is 0 Å². The fraction of sp³-hybridized carbons (Fsp3) is 0. The summed E-state index contributed by atoms with van der Waals surface area (Å²) in [6, 6.07) is 22.4. The largest absolute Gasteiger partial charge is 0.744 e. The second kappa shape index (κ2) is 8.58. The summed E-state index contributed by atoms with van der Waals surface area (Å²) in [5, 5.41) is 22.8. The van der Waals surface area contributed by atoms with Crippen molar-refractivity contribution in [3.05, 3.63) is 90.5 Å². The average molecular weight is 446 g/mol. The van der Waals surface area contributed by atoms with Gasteiger partial charge in [-0.25, -0.2) is 8.42 Å². The molecular weight excluding hydrogens is 430 g/mol. The number of fused-ring (bicyclic) bond motifs is 1. The van der Waals surface area contributed by atoms with Crippen LogP contribution >= 0.6 is 0 Å². The Labute approximate surface area is 183 Å². The van der Waals surface area contributed by atoms with Crippen molar-refractivity contribution in [2.75, 3.05) is 5.32 Å². The molecule has 0 aromatic heterocycles. The fourth-order valence-electron chi connectivity index (χ4n) is 3.12. The average Bonchev–Trinajstić information content (AvgIpc) is 2.78. The van der Waals surface area contributed by atoms with Gasteiger partial charge in [-0.1, -0.05) is 48.5 Å². The molecule has 0 aliphatic heterocycles. The number of amides is 1. The van der Waals surface area contributed by atoms with E-state index in [4.69, 9.17) is 0 Å². The third-order valence-corrected chi connectivity index (χ3v) is 5.47. The van der Waals surface area contributed by atoms with E-state index in [-0.39, 0.29) is 22.7 Å². The van der Waals surface area contributed by atoms with Gasteiger partial charge < -0.3 is 15.0 Å². The molecule has 0 heterocycles. The lowest BCUT2D eigenvalue weighted by Crippen LogP contribution is -2.12. The number of carbonyl (C=O) groups excluding carboxylic acids is 1. The number of hydrogen-bond acceptors (Lipinski definition) is 7. The van der Waals surface area contributed by atoms with Crippen LogP contribution in [0.5, 0.6) is 5.75 Å². The summed E-state index contributed by atoms with van der Waals surface area (Å²) >= 11 is 0. The molecule has 4 aromatic carbocycles. The van der Waals surface area contributed by atoms with Crippen molar-refractivity contribution in [2.45, 2.75) is 4.90 Å². The Bertz CT molecular complexity index is 1450. The molecule has 0 radical (unpaired) electrons. The maximum absolute atomic E-state index is 12.8. The van der Waals surface area contributed by atoms with Gasteiger partial charge in [0, 0.05) is 11.1 Å². The van der Waals surface area contributed by atoms with E-state index in [1.165, 1.54) is 12.1 Å². The Kier molecular flexibility index (Phi) is 5.67. The molecule has 0 fully saturated rings. The van der Waals surface area contributed by atoms with E-state index in [0.717, 1.165) is 12.1 Å². The Balaban J connectivity index is 1.78. The van der Waals surface area contributed by atoms with Gasteiger partial charge in [0.25, 0.3) is 5.91 Å². The summed E-state index contributed by atoms with van der Waals surface area (Å²) in [5.74, 6) is -0.913. The molecule has 0 bridgehead atoms. The number of phenolic OH excluding ortho intramolecular Hbond substituents is 1. The van der Waals surface area contributed by atoms with Crippen LogP contribution < -0.4 is 5.32 Å². The van der Waals surface area contributed by atoms with Crippen LogP contribution in [0.2, 0.25) is 0 Å². The lowest BCUT2D eigenvalue weighted by molar-refractivity contribution is 0.102. The normalized spacial score (nSPS) is 11.7. The maximum Gasteiger partial charge on any atom is 0.259 e. The maximum atomic E-state index is 12.8. The van der Waals surface area contributed by atoms with Gasteiger partial charge in [-0.3, -0.25) is 4.79 Å². The number of rotatable bonds is 5. The molecule has 32 heavy (non-hydrogen) atoms. The van der Waals surface area contributed by atoms with Crippen molar-refractivity contribution >= 4 is 43.9 Å². The molecule has 0 spiro atoms. The van der Waals surface area contributed by atoms with Gasteiger partial charge in [-0.15, -0.1) is 5.11 Å². The lowest BCUT2D eigenvalue weighted by atomic mass is 10.0. The van der Waals surface area contributed by atoms with Crippen LogP contribution in [0.3, 0.4) is 0 Å². The van der Waals surface area contributed by atoms with Crippen molar-refractivity contribution in [1.82, 2.24) is 0 Å². The van der Waals surface area contributed by atoms with Crippen molar-refractivity contribution in [1.29, 1.82) is 0 Å². The summed E-state index contributed by atoms with van der Waals surface area (Å²) in [6.07, 6.45) is 0. The van der Waals surface area contributed by atoms with Gasteiger partial charge in [0.15, 0.2) is 5.75 Å². The van der Waals surface area contributed by atoms with Gasteiger partial charge in [0.05, 0.1) is 16.1 Å². The van der Waals surface area contributed by atoms with Gasteiger partial charge >= 0.3 is 0 Å². The quantitative estimate of drug-likeness (QED) is 0.324. The summed E-state index contributed by atoms with van der Waals surface area (Å²) in [7, 11) is -4.65. The molecule has 9 heteroatoms. The number of carbonyl (C=O) groups is 1. The third-order valence-electron chi connectivity index (χ3n) is 4.64.